The fourth-order valence-electron chi connectivity index (χ4n) is 3.62. The minimum atomic E-state index is -0.398. The third kappa shape index (κ3) is 4.11. The van der Waals surface area contributed by atoms with Crippen molar-refractivity contribution in [3.63, 3.8) is 0 Å². The smallest absolute Gasteiger partial charge is 0.269 e. The van der Waals surface area contributed by atoms with E-state index in [1.807, 2.05) is 50.4 Å². The predicted octanol–water partition coefficient (Wildman–Crippen LogP) is 4.91. The highest BCUT2D eigenvalue weighted by Crippen LogP contribution is 2.34. The van der Waals surface area contributed by atoms with Crippen LogP contribution in [0.3, 0.4) is 0 Å². The van der Waals surface area contributed by atoms with E-state index in [1.165, 1.54) is 23.9 Å². The summed E-state index contributed by atoms with van der Waals surface area (Å²) in [5.74, 6) is -0.0214. The van der Waals surface area contributed by atoms with E-state index in [1.54, 1.807) is 17.0 Å². The summed E-state index contributed by atoms with van der Waals surface area (Å²) in [6.45, 7) is 5.70. The van der Waals surface area contributed by atoms with Crippen molar-refractivity contribution in [1.29, 1.82) is 0 Å². The molecular formula is C23H22N4O3S. The van der Waals surface area contributed by atoms with Gasteiger partial charge < -0.3 is 4.57 Å². The van der Waals surface area contributed by atoms with Gasteiger partial charge in [0.2, 0.25) is 0 Å². The molecule has 1 saturated heterocycles. The fourth-order valence-corrected chi connectivity index (χ4v) is 4.72. The van der Waals surface area contributed by atoms with Gasteiger partial charge in [-0.05, 0) is 43.3 Å². The van der Waals surface area contributed by atoms with Crippen LogP contribution in [-0.4, -0.2) is 38.6 Å². The number of hydrogen-bond acceptors (Lipinski definition) is 5. The molecule has 1 fully saturated rings. The van der Waals surface area contributed by atoms with Gasteiger partial charge in [-0.15, -0.1) is 0 Å². The van der Waals surface area contributed by atoms with Crippen molar-refractivity contribution >= 4 is 45.5 Å². The number of likely N-dealkylation sites (N-methyl/N-ethyl adjacent to an activating group) is 1. The number of benzene rings is 2. The lowest BCUT2D eigenvalue weighted by molar-refractivity contribution is -0.384. The van der Waals surface area contributed by atoms with Crippen LogP contribution in [0.25, 0.3) is 17.0 Å². The highest BCUT2D eigenvalue weighted by molar-refractivity contribution is 8.18. The van der Waals surface area contributed by atoms with Crippen molar-refractivity contribution in [2.24, 2.45) is 4.99 Å². The van der Waals surface area contributed by atoms with Crippen LogP contribution in [0.5, 0.6) is 0 Å². The Balaban J connectivity index is 1.70. The van der Waals surface area contributed by atoms with Gasteiger partial charge in [0.05, 0.1) is 9.83 Å². The summed E-state index contributed by atoms with van der Waals surface area (Å²) in [6.07, 6.45) is 3.96. The highest BCUT2D eigenvalue weighted by atomic mass is 32.2. The Morgan fingerprint density at radius 2 is 1.87 bits per heavy atom. The quantitative estimate of drug-likeness (QED) is 0.314. The molecule has 7 nitrogen and oxygen atoms in total. The lowest BCUT2D eigenvalue weighted by atomic mass is 10.1. The molecule has 2 heterocycles. The van der Waals surface area contributed by atoms with Crippen LogP contribution in [-0.2, 0) is 11.3 Å². The number of hydrogen-bond donors (Lipinski definition) is 0. The Bertz CT molecular complexity index is 1210. The standard InChI is InChI=1S/C23H22N4O3S/c1-3-24-23-26(4-2)22(28)21(31-23)13-17-15-25(20-8-6-5-7-19(17)20)14-16-9-11-18(12-10-16)27(29)30/h5-13,15H,3-4,14H2,1-2H3/b21-13+,24-23?. The van der Waals surface area contributed by atoms with Crippen LogP contribution < -0.4 is 0 Å². The SMILES string of the molecule is CCN=C1S/C(=C/c2cn(Cc3ccc([N+](=O)[O-])cc3)c3ccccc23)C(=O)N1CC. The first kappa shape index (κ1) is 20.9. The number of nitro benzene ring substituents is 1. The summed E-state index contributed by atoms with van der Waals surface area (Å²) < 4.78 is 2.10. The summed E-state index contributed by atoms with van der Waals surface area (Å²) in [5, 5.41) is 12.7. The van der Waals surface area contributed by atoms with Crippen LogP contribution in [0, 0.1) is 10.1 Å². The molecule has 0 radical (unpaired) electrons. The molecule has 0 aliphatic carbocycles. The van der Waals surface area contributed by atoms with Gasteiger partial charge in [0.1, 0.15) is 0 Å². The number of carbonyl (C=O) groups excluding carboxylic acids is 1. The number of amides is 1. The minimum absolute atomic E-state index is 0.0214. The number of aromatic nitrogens is 1. The summed E-state index contributed by atoms with van der Waals surface area (Å²) in [5.41, 5.74) is 3.04. The molecular weight excluding hydrogens is 412 g/mol. The summed E-state index contributed by atoms with van der Waals surface area (Å²) in [6, 6.07) is 14.6. The van der Waals surface area contributed by atoms with Gasteiger partial charge in [-0.3, -0.25) is 24.8 Å². The number of amidine groups is 1. The van der Waals surface area contributed by atoms with E-state index in [9.17, 15) is 14.9 Å². The van der Waals surface area contributed by atoms with E-state index in [-0.39, 0.29) is 11.6 Å². The molecule has 3 aromatic rings. The third-order valence-corrected chi connectivity index (χ3v) is 6.15. The molecule has 0 unspecified atom stereocenters. The molecule has 0 bridgehead atoms. The molecule has 0 N–H and O–H groups in total. The van der Waals surface area contributed by atoms with Gasteiger partial charge in [-0.1, -0.05) is 30.3 Å². The number of non-ortho nitro benzene ring substituents is 1. The monoisotopic (exact) mass is 434 g/mol. The van der Waals surface area contributed by atoms with Crippen molar-refractivity contribution in [1.82, 2.24) is 9.47 Å². The first-order chi connectivity index (χ1) is 15.0. The predicted molar refractivity (Wildman–Crippen MR) is 125 cm³/mol. The van der Waals surface area contributed by atoms with Crippen molar-refractivity contribution in [2.75, 3.05) is 13.1 Å². The summed E-state index contributed by atoms with van der Waals surface area (Å²) >= 11 is 1.41. The number of aliphatic imine (C=N–C) groups is 1. The van der Waals surface area contributed by atoms with Gasteiger partial charge >= 0.3 is 0 Å². The maximum Gasteiger partial charge on any atom is 0.269 e. The zero-order valence-corrected chi connectivity index (χ0v) is 18.1. The lowest BCUT2D eigenvalue weighted by Crippen LogP contribution is -2.28. The number of rotatable bonds is 6. The number of nitro groups is 1. The first-order valence-corrected chi connectivity index (χ1v) is 10.9. The number of nitrogens with zero attached hydrogens (tertiary/aromatic N) is 4. The number of para-hydroxylation sites is 1. The highest BCUT2D eigenvalue weighted by Gasteiger charge is 2.32. The molecule has 0 spiro atoms. The van der Waals surface area contributed by atoms with Crippen LogP contribution >= 0.6 is 11.8 Å². The van der Waals surface area contributed by atoms with E-state index in [0.29, 0.717) is 24.5 Å². The first-order valence-electron chi connectivity index (χ1n) is 10.1. The van der Waals surface area contributed by atoms with Crippen molar-refractivity contribution in [3.8, 4) is 0 Å². The van der Waals surface area contributed by atoms with E-state index in [2.05, 4.69) is 9.56 Å². The van der Waals surface area contributed by atoms with Gasteiger partial charge in [0, 0.05) is 54.4 Å². The summed E-state index contributed by atoms with van der Waals surface area (Å²) in [7, 11) is 0. The number of carbonyl (C=O) groups is 1. The molecule has 1 aliphatic heterocycles. The topological polar surface area (TPSA) is 80.7 Å². The normalized spacial score (nSPS) is 16.7. The van der Waals surface area contributed by atoms with Gasteiger partial charge in [0.25, 0.3) is 11.6 Å². The lowest BCUT2D eigenvalue weighted by Gasteiger charge is -2.11. The van der Waals surface area contributed by atoms with Crippen molar-refractivity contribution in [2.45, 2.75) is 20.4 Å². The molecule has 4 rings (SSSR count). The zero-order valence-electron chi connectivity index (χ0n) is 17.3. The van der Waals surface area contributed by atoms with Crippen LogP contribution in [0.2, 0.25) is 0 Å². The molecule has 158 valence electrons. The minimum Gasteiger partial charge on any atom is -0.342 e. The Kier molecular flexibility index (Phi) is 5.90. The van der Waals surface area contributed by atoms with E-state index in [0.717, 1.165) is 27.2 Å². The Morgan fingerprint density at radius 3 is 2.55 bits per heavy atom. The van der Waals surface area contributed by atoms with E-state index < -0.39 is 4.92 Å². The molecule has 8 heteroatoms. The Labute approximate surface area is 184 Å². The van der Waals surface area contributed by atoms with Crippen molar-refractivity contribution in [3.05, 3.63) is 80.9 Å². The Morgan fingerprint density at radius 1 is 1.13 bits per heavy atom. The molecule has 0 saturated carbocycles. The largest absolute Gasteiger partial charge is 0.342 e. The van der Waals surface area contributed by atoms with E-state index in [4.69, 9.17) is 0 Å². The molecule has 0 atom stereocenters. The van der Waals surface area contributed by atoms with Crippen LogP contribution in [0.1, 0.15) is 25.0 Å². The maximum atomic E-state index is 12.8. The zero-order chi connectivity index (χ0) is 22.0. The van der Waals surface area contributed by atoms with Crippen molar-refractivity contribution < 1.29 is 9.72 Å². The summed E-state index contributed by atoms with van der Waals surface area (Å²) in [4.78, 5) is 30.2. The molecule has 31 heavy (non-hydrogen) atoms. The fraction of sp³-hybridized carbons (Fsp3) is 0.217. The van der Waals surface area contributed by atoms with Gasteiger partial charge in [0.15, 0.2) is 5.17 Å². The average molecular weight is 435 g/mol. The molecule has 1 amide bonds. The number of thioether (sulfide) groups is 1. The average Bonchev–Trinajstić information content (AvgIpc) is 3.26. The van der Waals surface area contributed by atoms with Gasteiger partial charge in [-0.2, -0.15) is 0 Å². The second-order valence-corrected chi connectivity index (χ2v) is 8.08. The van der Waals surface area contributed by atoms with Gasteiger partial charge in [-0.25, -0.2) is 0 Å². The van der Waals surface area contributed by atoms with E-state index >= 15 is 0 Å². The number of fused-ring (bicyclic) bond motifs is 1. The molecule has 1 aromatic heterocycles. The third-order valence-electron chi connectivity index (χ3n) is 5.10. The Hall–Kier alpha value is -3.39. The molecule has 2 aromatic carbocycles. The van der Waals surface area contributed by atoms with Crippen LogP contribution in [0.4, 0.5) is 5.69 Å². The maximum absolute atomic E-state index is 12.8. The second kappa shape index (κ2) is 8.77. The second-order valence-electron chi connectivity index (χ2n) is 7.07. The van der Waals surface area contributed by atoms with Crippen LogP contribution in [0.15, 0.2) is 64.6 Å². The molecule has 1 aliphatic rings.